The van der Waals surface area contributed by atoms with Crippen LogP contribution in [0.4, 0.5) is 5.82 Å². The van der Waals surface area contributed by atoms with Crippen molar-refractivity contribution in [2.45, 2.75) is 51.5 Å². The van der Waals surface area contributed by atoms with Crippen LogP contribution in [0.25, 0.3) is 0 Å². The van der Waals surface area contributed by atoms with E-state index in [0.717, 1.165) is 16.8 Å². The van der Waals surface area contributed by atoms with Crippen molar-refractivity contribution in [2.24, 2.45) is 5.41 Å². The highest BCUT2D eigenvalue weighted by molar-refractivity contribution is 6.28. The van der Waals surface area contributed by atoms with Crippen LogP contribution in [-0.4, -0.2) is 16.0 Å². The summed E-state index contributed by atoms with van der Waals surface area (Å²) in [5.41, 5.74) is 1.82. The van der Waals surface area contributed by atoms with Crippen molar-refractivity contribution in [1.82, 2.24) is 9.97 Å². The van der Waals surface area contributed by atoms with Gasteiger partial charge in [0.2, 0.25) is 5.28 Å². The summed E-state index contributed by atoms with van der Waals surface area (Å²) in [5.74, 6) is 0.904. The van der Waals surface area contributed by atoms with Gasteiger partial charge in [0.15, 0.2) is 0 Å². The molecule has 0 amide bonds. The van der Waals surface area contributed by atoms with Gasteiger partial charge in [0.25, 0.3) is 0 Å². The van der Waals surface area contributed by atoms with Crippen LogP contribution >= 0.6 is 11.6 Å². The summed E-state index contributed by atoms with van der Waals surface area (Å²) in [6, 6.07) is 0.561. The van der Waals surface area contributed by atoms with Crippen molar-refractivity contribution in [3.63, 3.8) is 0 Å². The molecule has 1 N–H and O–H groups in total. The first kappa shape index (κ1) is 11.3. The van der Waals surface area contributed by atoms with Gasteiger partial charge in [-0.2, -0.15) is 0 Å². The molecule has 0 radical (unpaired) electrons. The van der Waals surface area contributed by atoms with E-state index in [9.17, 15) is 0 Å². The van der Waals surface area contributed by atoms with E-state index in [-0.39, 0.29) is 0 Å². The minimum atomic E-state index is 0.326. The van der Waals surface area contributed by atoms with E-state index in [0.29, 0.717) is 11.3 Å². The maximum Gasteiger partial charge on any atom is 0.224 e. The summed E-state index contributed by atoms with van der Waals surface area (Å²) in [5, 5.41) is 3.85. The summed E-state index contributed by atoms with van der Waals surface area (Å²) < 4.78 is 0. The Morgan fingerprint density at radius 1 is 1.29 bits per heavy atom. The van der Waals surface area contributed by atoms with E-state index >= 15 is 0 Å². The largest absolute Gasteiger partial charge is 0.367 e. The first-order valence-electron chi connectivity index (χ1n) is 6.43. The highest BCUT2D eigenvalue weighted by atomic mass is 35.5. The monoisotopic (exact) mass is 251 g/mol. The quantitative estimate of drug-likeness (QED) is 0.817. The molecule has 3 nitrogen and oxygen atoms in total. The minimum Gasteiger partial charge on any atom is -0.367 e. The Morgan fingerprint density at radius 3 is 2.65 bits per heavy atom. The van der Waals surface area contributed by atoms with Crippen molar-refractivity contribution in [3.05, 3.63) is 17.0 Å². The topological polar surface area (TPSA) is 37.8 Å². The van der Waals surface area contributed by atoms with Crippen molar-refractivity contribution in [1.29, 1.82) is 0 Å². The number of nitrogens with one attached hydrogen (secondary N) is 1. The fraction of sp³-hybridized carbons (Fsp3) is 0.692. The zero-order valence-electron chi connectivity index (χ0n) is 10.2. The molecule has 17 heavy (non-hydrogen) atoms. The summed E-state index contributed by atoms with van der Waals surface area (Å²) >= 11 is 5.83. The average Bonchev–Trinajstić information content (AvgIpc) is 3.07. The van der Waals surface area contributed by atoms with Crippen LogP contribution in [0, 0.1) is 12.3 Å². The summed E-state index contributed by atoms with van der Waals surface area (Å²) in [4.78, 5) is 8.24. The van der Waals surface area contributed by atoms with Gasteiger partial charge < -0.3 is 5.32 Å². The van der Waals surface area contributed by atoms with Crippen LogP contribution < -0.4 is 5.32 Å². The van der Waals surface area contributed by atoms with Crippen LogP contribution in [-0.2, 0) is 0 Å². The molecule has 4 heteroatoms. The van der Waals surface area contributed by atoms with Crippen LogP contribution in [0.15, 0.2) is 6.20 Å². The number of rotatable bonds is 2. The lowest BCUT2D eigenvalue weighted by Crippen LogP contribution is -2.27. The molecule has 0 bridgehead atoms. The van der Waals surface area contributed by atoms with Gasteiger partial charge in [0, 0.05) is 17.8 Å². The molecular formula is C13H18ClN3. The number of nitrogens with zero attached hydrogens (tertiary/aromatic N) is 2. The minimum absolute atomic E-state index is 0.326. The van der Waals surface area contributed by atoms with Gasteiger partial charge >= 0.3 is 0 Å². The molecule has 0 aromatic carbocycles. The number of hydrogen-bond acceptors (Lipinski definition) is 3. The van der Waals surface area contributed by atoms with Crippen molar-refractivity contribution < 1.29 is 0 Å². The Balaban J connectivity index is 1.64. The highest BCUT2D eigenvalue weighted by Gasteiger charge is 2.44. The number of hydrogen-bond donors (Lipinski definition) is 1. The van der Waals surface area contributed by atoms with E-state index in [4.69, 9.17) is 11.6 Å². The first-order chi connectivity index (χ1) is 8.17. The van der Waals surface area contributed by atoms with Crippen LogP contribution in [0.1, 0.15) is 44.1 Å². The molecule has 0 saturated heterocycles. The second-order valence-corrected chi connectivity index (χ2v) is 5.93. The molecular weight excluding hydrogens is 234 g/mol. The lowest BCUT2D eigenvalue weighted by molar-refractivity contribution is 0.317. The van der Waals surface area contributed by atoms with Crippen molar-refractivity contribution in [2.75, 3.05) is 5.32 Å². The number of anilines is 1. The molecule has 1 aromatic rings. The number of aryl methyl sites for hydroxylation is 1. The second kappa shape index (κ2) is 4.13. The van der Waals surface area contributed by atoms with Gasteiger partial charge in [-0.05, 0) is 62.5 Å². The molecule has 2 fully saturated rings. The third kappa shape index (κ3) is 2.39. The van der Waals surface area contributed by atoms with E-state index in [1.165, 1.54) is 38.5 Å². The molecule has 1 heterocycles. The second-order valence-electron chi connectivity index (χ2n) is 5.59. The molecule has 2 aliphatic rings. The SMILES string of the molecule is Cc1cnc(Cl)nc1NC1CCC2(CC1)CC2. The standard InChI is InChI=1S/C13H18ClN3/c1-9-8-15-12(14)17-11(9)16-10-2-4-13(5-3-10)6-7-13/h8,10H,2-7H2,1H3,(H,15,16,17). The molecule has 1 spiro atoms. The number of halogens is 1. The lowest BCUT2D eigenvalue weighted by Gasteiger charge is -2.29. The fourth-order valence-electron chi connectivity index (χ4n) is 2.81. The average molecular weight is 252 g/mol. The molecule has 3 rings (SSSR count). The fourth-order valence-corrected chi connectivity index (χ4v) is 2.94. The molecule has 2 saturated carbocycles. The van der Waals surface area contributed by atoms with E-state index in [1.54, 1.807) is 6.20 Å². The number of aromatic nitrogens is 2. The van der Waals surface area contributed by atoms with Crippen molar-refractivity contribution >= 4 is 17.4 Å². The lowest BCUT2D eigenvalue weighted by atomic mass is 9.83. The molecule has 2 aliphatic carbocycles. The van der Waals surface area contributed by atoms with Gasteiger partial charge in [-0.3, -0.25) is 0 Å². The first-order valence-corrected chi connectivity index (χ1v) is 6.80. The Morgan fingerprint density at radius 2 is 2.00 bits per heavy atom. The van der Waals surface area contributed by atoms with Gasteiger partial charge in [-0.1, -0.05) is 0 Å². The summed E-state index contributed by atoms with van der Waals surface area (Å²) in [6.07, 6.45) is 9.98. The third-order valence-corrected chi connectivity index (χ3v) is 4.47. The zero-order valence-corrected chi connectivity index (χ0v) is 10.9. The summed E-state index contributed by atoms with van der Waals surface area (Å²) in [6.45, 7) is 2.02. The predicted molar refractivity (Wildman–Crippen MR) is 69.3 cm³/mol. The Labute approximate surface area is 107 Å². The van der Waals surface area contributed by atoms with Gasteiger partial charge in [0.1, 0.15) is 5.82 Å². The van der Waals surface area contributed by atoms with E-state index in [1.807, 2.05) is 6.92 Å². The Hall–Kier alpha value is -0.830. The van der Waals surface area contributed by atoms with Gasteiger partial charge in [0.05, 0.1) is 0 Å². The molecule has 0 unspecified atom stereocenters. The van der Waals surface area contributed by atoms with E-state index in [2.05, 4.69) is 15.3 Å². The zero-order chi connectivity index (χ0) is 11.9. The predicted octanol–water partition coefficient (Wildman–Crippen LogP) is 3.57. The maximum atomic E-state index is 5.83. The molecule has 0 aliphatic heterocycles. The molecule has 92 valence electrons. The van der Waals surface area contributed by atoms with Gasteiger partial charge in [-0.25, -0.2) is 9.97 Å². The Bertz CT molecular complexity index is 419. The van der Waals surface area contributed by atoms with E-state index < -0.39 is 0 Å². The highest BCUT2D eigenvalue weighted by Crippen LogP contribution is 2.56. The van der Waals surface area contributed by atoms with Crippen molar-refractivity contribution in [3.8, 4) is 0 Å². The molecule has 0 atom stereocenters. The third-order valence-electron chi connectivity index (χ3n) is 4.29. The van der Waals surface area contributed by atoms with Crippen LogP contribution in [0.2, 0.25) is 5.28 Å². The Kier molecular flexibility index (Phi) is 2.74. The van der Waals surface area contributed by atoms with Crippen LogP contribution in [0.3, 0.4) is 0 Å². The molecule has 1 aromatic heterocycles. The smallest absolute Gasteiger partial charge is 0.224 e. The normalized spacial score (nSPS) is 22.7. The maximum absolute atomic E-state index is 5.83. The summed E-state index contributed by atoms with van der Waals surface area (Å²) in [7, 11) is 0. The van der Waals surface area contributed by atoms with Crippen LogP contribution in [0.5, 0.6) is 0 Å². The van der Waals surface area contributed by atoms with Gasteiger partial charge in [-0.15, -0.1) is 0 Å².